The summed E-state index contributed by atoms with van der Waals surface area (Å²) in [6, 6.07) is 5.05. The second-order valence-corrected chi connectivity index (χ2v) is 10.0. The van der Waals surface area contributed by atoms with Gasteiger partial charge in [-0.15, -0.1) is 11.3 Å². The molecule has 3 heterocycles. The van der Waals surface area contributed by atoms with Gasteiger partial charge in [-0.3, -0.25) is 19.5 Å². The molecule has 2 amide bonds. The minimum Gasteiger partial charge on any atom is -0.485 e. The van der Waals surface area contributed by atoms with E-state index in [0.717, 1.165) is 26.5 Å². The Kier molecular flexibility index (Phi) is 7.21. The lowest BCUT2D eigenvalue weighted by Gasteiger charge is -2.22. The third-order valence-electron chi connectivity index (χ3n) is 6.21. The molecule has 0 radical (unpaired) electrons. The average molecular weight is 504 g/mol. The number of carbonyl (C=O) groups is 2. The molecule has 0 bridgehead atoms. The summed E-state index contributed by atoms with van der Waals surface area (Å²) in [5, 5.41) is 3.55. The molecule has 34 heavy (non-hydrogen) atoms. The molecule has 1 aromatic carbocycles. The summed E-state index contributed by atoms with van der Waals surface area (Å²) in [5.74, 6) is 0.231. The molecule has 180 valence electrons. The number of carbonyl (C=O) groups excluding carboxylic acids is 2. The number of imide groups is 1. The third kappa shape index (κ3) is 4.54. The third-order valence-corrected chi connectivity index (χ3v) is 7.76. The van der Waals surface area contributed by atoms with Gasteiger partial charge in [0.15, 0.2) is 6.17 Å². The quantitative estimate of drug-likeness (QED) is 0.406. The van der Waals surface area contributed by atoms with Crippen molar-refractivity contribution in [3.05, 3.63) is 50.2 Å². The summed E-state index contributed by atoms with van der Waals surface area (Å²) < 4.78 is 20.5. The normalized spacial score (nSPS) is 21.9. The van der Waals surface area contributed by atoms with E-state index in [1.165, 1.54) is 16.2 Å². The summed E-state index contributed by atoms with van der Waals surface area (Å²) in [7, 11) is 0. The molecule has 3 atom stereocenters. The number of nitrogens with zero attached hydrogens (tertiary/aromatic N) is 2. The number of hydrogen-bond acceptors (Lipinski definition) is 6. The fraction of sp³-hybridized carbons (Fsp3) is 0.400. The van der Waals surface area contributed by atoms with Crippen LogP contribution in [0.2, 0.25) is 5.02 Å². The van der Waals surface area contributed by atoms with Gasteiger partial charge in [0.05, 0.1) is 16.6 Å². The van der Waals surface area contributed by atoms with Gasteiger partial charge in [-0.05, 0) is 51.3 Å². The molecule has 2 aliphatic heterocycles. The molecule has 2 fully saturated rings. The van der Waals surface area contributed by atoms with Gasteiger partial charge in [-0.25, -0.2) is 4.39 Å². The maximum Gasteiger partial charge on any atom is 0.230 e. The van der Waals surface area contributed by atoms with E-state index in [0.29, 0.717) is 23.0 Å². The summed E-state index contributed by atoms with van der Waals surface area (Å²) in [5.41, 5.74) is 2.97. The second-order valence-electron chi connectivity index (χ2n) is 8.49. The predicted molar refractivity (Wildman–Crippen MR) is 134 cm³/mol. The lowest BCUT2D eigenvalue weighted by molar-refractivity contribution is -0.140. The number of alkyl halides is 1. The number of allylic oxidation sites excluding steroid dienone is 1. The number of hydrogen-bond donors (Lipinski definition) is 1. The molecule has 0 spiro atoms. The van der Waals surface area contributed by atoms with Gasteiger partial charge < -0.3 is 10.1 Å². The van der Waals surface area contributed by atoms with Crippen molar-refractivity contribution in [3.63, 3.8) is 0 Å². The number of aliphatic imine (C=N–C) groups is 1. The monoisotopic (exact) mass is 503 g/mol. The highest BCUT2D eigenvalue weighted by Gasteiger charge is 2.35. The lowest BCUT2D eigenvalue weighted by Crippen LogP contribution is -2.31. The minimum absolute atomic E-state index is 0.168. The van der Waals surface area contributed by atoms with Crippen LogP contribution < -0.4 is 10.1 Å². The molecule has 0 aliphatic carbocycles. The van der Waals surface area contributed by atoms with E-state index in [2.05, 4.69) is 17.0 Å². The standard InChI is InChI=1S/C25H27ClFN3O3S/c1-5-16(17-9-15(26)8-13(2)24(17)33-20-12-29-11-18(20)27)25-19(28-4)10-21(34-25)14(3)30-22(31)6-7-23(30)32/h5,8-10,14,18,20,29H,4,6-7,11-12H2,1-3H3/b16-5-/t14-,18-,20+/m0/s1. The van der Waals surface area contributed by atoms with E-state index >= 15 is 0 Å². The van der Waals surface area contributed by atoms with E-state index in [1.807, 2.05) is 32.9 Å². The summed E-state index contributed by atoms with van der Waals surface area (Å²) >= 11 is 7.86. The van der Waals surface area contributed by atoms with E-state index in [-0.39, 0.29) is 31.2 Å². The first-order chi connectivity index (χ1) is 16.2. The molecular formula is C25H27ClFN3O3S. The molecule has 2 aliphatic rings. The van der Waals surface area contributed by atoms with Crippen LogP contribution in [0.1, 0.15) is 53.6 Å². The molecule has 0 saturated carbocycles. The Labute approximate surface area is 207 Å². The van der Waals surface area contributed by atoms with Crippen molar-refractivity contribution in [2.75, 3.05) is 13.1 Å². The van der Waals surface area contributed by atoms with Gasteiger partial charge in [0.25, 0.3) is 0 Å². The Hall–Kier alpha value is -2.55. The predicted octanol–water partition coefficient (Wildman–Crippen LogP) is 5.39. The van der Waals surface area contributed by atoms with Gasteiger partial charge >= 0.3 is 0 Å². The zero-order valence-electron chi connectivity index (χ0n) is 19.4. The number of likely N-dealkylation sites (tertiary alicyclic amines) is 1. The maximum atomic E-state index is 14.3. The minimum atomic E-state index is -1.10. The summed E-state index contributed by atoms with van der Waals surface area (Å²) in [4.78, 5) is 31.7. The zero-order valence-corrected chi connectivity index (χ0v) is 20.9. The Morgan fingerprint density at radius 1 is 1.32 bits per heavy atom. The van der Waals surface area contributed by atoms with Gasteiger partial charge in [0.1, 0.15) is 11.9 Å². The van der Waals surface area contributed by atoms with E-state index in [1.54, 1.807) is 12.1 Å². The van der Waals surface area contributed by atoms with Crippen LogP contribution in [0.5, 0.6) is 5.75 Å². The average Bonchev–Trinajstić information content (AvgIpc) is 3.49. The van der Waals surface area contributed by atoms with Gasteiger partial charge in [-0.2, -0.15) is 0 Å². The van der Waals surface area contributed by atoms with Crippen LogP contribution >= 0.6 is 22.9 Å². The van der Waals surface area contributed by atoms with Crippen molar-refractivity contribution in [1.82, 2.24) is 10.2 Å². The number of nitrogens with one attached hydrogen (secondary N) is 1. The molecule has 4 rings (SSSR count). The molecular weight excluding hydrogens is 477 g/mol. The largest absolute Gasteiger partial charge is 0.485 e. The first kappa shape index (κ1) is 24.6. The molecule has 9 heteroatoms. The Morgan fingerprint density at radius 3 is 2.62 bits per heavy atom. The summed E-state index contributed by atoms with van der Waals surface area (Å²) in [6.45, 7) is 10.0. The molecule has 6 nitrogen and oxygen atoms in total. The number of ether oxygens (including phenoxy) is 1. The van der Waals surface area contributed by atoms with E-state index < -0.39 is 18.3 Å². The number of halogens is 2. The van der Waals surface area contributed by atoms with Gasteiger partial charge in [-0.1, -0.05) is 17.7 Å². The zero-order chi connectivity index (χ0) is 24.6. The maximum absolute atomic E-state index is 14.3. The van der Waals surface area contributed by atoms with Crippen LogP contribution in [-0.4, -0.2) is 48.8 Å². The summed E-state index contributed by atoms with van der Waals surface area (Å²) in [6.07, 6.45) is 0.704. The molecule has 0 unspecified atom stereocenters. The second kappa shape index (κ2) is 9.98. The van der Waals surface area contributed by atoms with E-state index in [9.17, 15) is 14.0 Å². The van der Waals surface area contributed by atoms with Crippen LogP contribution in [0.15, 0.2) is 29.3 Å². The highest BCUT2D eigenvalue weighted by atomic mass is 35.5. The Morgan fingerprint density at radius 2 is 2.03 bits per heavy atom. The number of amides is 2. The number of thiophene rings is 1. The lowest BCUT2D eigenvalue weighted by atomic mass is 9.99. The van der Waals surface area contributed by atoms with Crippen LogP contribution in [-0.2, 0) is 9.59 Å². The topological polar surface area (TPSA) is 71.0 Å². The molecule has 1 aromatic heterocycles. The highest BCUT2D eigenvalue weighted by molar-refractivity contribution is 7.14. The molecule has 1 N–H and O–H groups in total. The molecule has 2 saturated heterocycles. The van der Waals surface area contributed by atoms with Crippen molar-refractivity contribution < 1.29 is 18.7 Å². The van der Waals surface area contributed by atoms with Crippen LogP contribution in [0, 0.1) is 6.92 Å². The van der Waals surface area contributed by atoms with Crippen LogP contribution in [0.25, 0.3) is 5.57 Å². The van der Waals surface area contributed by atoms with Crippen LogP contribution in [0.3, 0.4) is 0 Å². The fourth-order valence-corrected chi connectivity index (χ4v) is 5.98. The Balaban J connectivity index is 1.77. The van der Waals surface area contributed by atoms with Gasteiger partial charge in [0.2, 0.25) is 11.8 Å². The van der Waals surface area contributed by atoms with E-state index in [4.69, 9.17) is 16.3 Å². The van der Waals surface area contributed by atoms with Crippen molar-refractivity contribution in [3.8, 4) is 5.75 Å². The number of rotatable bonds is 7. The van der Waals surface area contributed by atoms with Crippen molar-refractivity contribution in [2.24, 2.45) is 4.99 Å². The smallest absolute Gasteiger partial charge is 0.230 e. The number of benzene rings is 1. The number of aryl methyl sites for hydroxylation is 1. The highest BCUT2D eigenvalue weighted by Crippen LogP contribution is 2.45. The fourth-order valence-electron chi connectivity index (χ4n) is 4.45. The Bertz CT molecular complexity index is 1160. The van der Waals surface area contributed by atoms with Gasteiger partial charge in [0, 0.05) is 47.0 Å². The first-order valence-electron chi connectivity index (χ1n) is 11.2. The first-order valence-corrected chi connectivity index (χ1v) is 12.4. The van der Waals surface area contributed by atoms with Crippen molar-refractivity contribution in [2.45, 2.75) is 51.9 Å². The van der Waals surface area contributed by atoms with Crippen molar-refractivity contribution in [1.29, 1.82) is 0 Å². The molecule has 2 aromatic rings. The van der Waals surface area contributed by atoms with Crippen molar-refractivity contribution >= 4 is 52.7 Å². The SMILES string of the molecule is C=Nc1cc([C@H](C)N2C(=O)CCC2=O)sc1/C(=C\C)c1cc(Cl)cc(C)c1O[C@@H]1CNC[C@@H]1F. The van der Waals surface area contributed by atoms with Crippen LogP contribution in [0.4, 0.5) is 10.1 Å².